The predicted molar refractivity (Wildman–Crippen MR) is 151 cm³/mol. The highest BCUT2D eigenvalue weighted by atomic mass is 35.5. The van der Waals surface area contributed by atoms with E-state index in [2.05, 4.69) is 12.2 Å². The number of anilines is 1. The lowest BCUT2D eigenvalue weighted by Crippen LogP contribution is -2.50. The van der Waals surface area contributed by atoms with Crippen molar-refractivity contribution in [3.63, 3.8) is 0 Å². The number of hydrogen-bond donors (Lipinski definition) is 1. The van der Waals surface area contributed by atoms with Gasteiger partial charge in [-0.05, 0) is 36.8 Å². The molecule has 3 aromatic rings. The fourth-order valence-electron chi connectivity index (χ4n) is 5.08. The van der Waals surface area contributed by atoms with Gasteiger partial charge < -0.3 is 15.0 Å². The first-order valence-corrected chi connectivity index (χ1v) is 14.6. The zero-order valence-electron chi connectivity index (χ0n) is 21.5. The molecule has 2 amide bonds. The van der Waals surface area contributed by atoms with Gasteiger partial charge in [0, 0.05) is 53.3 Å². The van der Waals surface area contributed by atoms with Gasteiger partial charge in [-0.1, -0.05) is 18.5 Å². The number of carbonyl (C=O) groups excluding carboxylic acids is 3. The molecule has 1 fully saturated rings. The van der Waals surface area contributed by atoms with Crippen LogP contribution in [0.4, 0.5) is 10.7 Å². The normalized spacial score (nSPS) is 17.6. The minimum absolute atomic E-state index is 0.0534. The molecule has 2 aliphatic rings. The van der Waals surface area contributed by atoms with E-state index in [-0.39, 0.29) is 24.0 Å². The van der Waals surface area contributed by atoms with Crippen molar-refractivity contribution in [2.24, 2.45) is 5.92 Å². The predicted octanol–water partition coefficient (Wildman–Crippen LogP) is 4.83. The summed E-state index contributed by atoms with van der Waals surface area (Å²) < 4.78 is 5.59. The molecule has 1 aliphatic carbocycles. The van der Waals surface area contributed by atoms with E-state index in [0.29, 0.717) is 62.6 Å². The van der Waals surface area contributed by atoms with E-state index in [1.807, 2.05) is 4.90 Å². The minimum Gasteiger partial charge on any atom is -0.465 e. The number of ether oxygens (including phenoxy) is 1. The number of non-ortho nitro benzene ring substituents is 1. The fraction of sp³-hybridized carbons (Fsp3) is 0.423. The Bertz CT molecular complexity index is 1480. The van der Waals surface area contributed by atoms with Gasteiger partial charge in [0.25, 0.3) is 11.6 Å². The summed E-state index contributed by atoms with van der Waals surface area (Å²) in [4.78, 5) is 54.4. The van der Waals surface area contributed by atoms with Gasteiger partial charge in [-0.3, -0.25) is 24.6 Å². The molecule has 0 saturated carbocycles. The summed E-state index contributed by atoms with van der Waals surface area (Å²) in [7, 11) is 1.35. The van der Waals surface area contributed by atoms with Crippen molar-refractivity contribution in [3.8, 4) is 0 Å². The number of carbonyl (C=O) groups is 3. The summed E-state index contributed by atoms with van der Waals surface area (Å²) in [6, 6.07) is 4.37. The zero-order valence-corrected chi connectivity index (χ0v) is 23.8. The number of nitro groups is 1. The Labute approximate surface area is 237 Å². The summed E-state index contributed by atoms with van der Waals surface area (Å²) in [5.74, 6) is -0.348. The van der Waals surface area contributed by atoms with Gasteiger partial charge in [0.15, 0.2) is 0 Å². The topological polar surface area (TPSA) is 122 Å². The fourth-order valence-corrected chi connectivity index (χ4v) is 8.01. The third-order valence-electron chi connectivity index (χ3n) is 7.20. The summed E-state index contributed by atoms with van der Waals surface area (Å²) >= 11 is 9.07. The number of rotatable bonds is 6. The molecule has 1 atom stereocenters. The Morgan fingerprint density at radius 2 is 1.95 bits per heavy atom. The number of fused-ring (bicyclic) bond motifs is 2. The number of halogens is 1. The zero-order chi connectivity index (χ0) is 27.8. The van der Waals surface area contributed by atoms with E-state index in [0.717, 1.165) is 41.0 Å². The Kier molecular flexibility index (Phi) is 7.90. The van der Waals surface area contributed by atoms with Crippen LogP contribution >= 0.6 is 34.3 Å². The lowest BCUT2D eigenvalue weighted by Gasteiger charge is -2.34. The maximum absolute atomic E-state index is 13.2. The average molecular weight is 591 g/mol. The first-order valence-electron chi connectivity index (χ1n) is 12.6. The second kappa shape index (κ2) is 11.2. The lowest BCUT2D eigenvalue weighted by atomic mass is 9.88. The van der Waals surface area contributed by atoms with E-state index in [1.165, 1.54) is 30.6 Å². The number of nitrogens with one attached hydrogen (secondary N) is 1. The van der Waals surface area contributed by atoms with E-state index in [4.69, 9.17) is 16.3 Å². The van der Waals surface area contributed by atoms with Gasteiger partial charge >= 0.3 is 5.97 Å². The minimum atomic E-state index is -0.479. The molecule has 206 valence electrons. The number of piperazine rings is 1. The Morgan fingerprint density at radius 3 is 2.64 bits per heavy atom. The smallest absolute Gasteiger partial charge is 0.341 e. The quantitative estimate of drug-likeness (QED) is 0.248. The van der Waals surface area contributed by atoms with Crippen molar-refractivity contribution in [1.29, 1.82) is 0 Å². The van der Waals surface area contributed by atoms with Crippen LogP contribution in [0, 0.1) is 16.0 Å². The molecule has 1 unspecified atom stereocenters. The second-order valence-corrected chi connectivity index (χ2v) is 12.4. The van der Waals surface area contributed by atoms with Gasteiger partial charge in [0.05, 0.1) is 29.2 Å². The molecule has 0 radical (unpaired) electrons. The monoisotopic (exact) mass is 590 g/mol. The van der Waals surface area contributed by atoms with Crippen LogP contribution in [0.2, 0.25) is 5.02 Å². The van der Waals surface area contributed by atoms with Crippen LogP contribution in [-0.2, 0) is 22.4 Å². The largest absolute Gasteiger partial charge is 0.465 e. The summed E-state index contributed by atoms with van der Waals surface area (Å²) in [6.45, 7) is 4.13. The van der Waals surface area contributed by atoms with E-state index >= 15 is 0 Å². The molecule has 3 heterocycles. The molecule has 1 aromatic carbocycles. The number of amides is 2. The molecule has 1 aliphatic heterocycles. The summed E-state index contributed by atoms with van der Waals surface area (Å²) in [5, 5.41) is 15.5. The van der Waals surface area contributed by atoms with E-state index in [9.17, 15) is 24.5 Å². The number of hydrogen-bond acceptors (Lipinski definition) is 9. The summed E-state index contributed by atoms with van der Waals surface area (Å²) in [6.07, 6.45) is 2.68. The molecule has 5 rings (SSSR count). The molecule has 1 N–H and O–H groups in total. The highest BCUT2D eigenvalue weighted by Crippen LogP contribution is 2.40. The van der Waals surface area contributed by atoms with Crippen LogP contribution in [-0.4, -0.2) is 72.3 Å². The molecule has 0 bridgehead atoms. The first-order chi connectivity index (χ1) is 18.7. The summed E-state index contributed by atoms with van der Waals surface area (Å²) in [5.41, 5.74) is 1.41. The van der Waals surface area contributed by atoms with Gasteiger partial charge in [-0.2, -0.15) is 0 Å². The highest BCUT2D eigenvalue weighted by molar-refractivity contribution is 7.21. The van der Waals surface area contributed by atoms with E-state index in [1.54, 1.807) is 11.0 Å². The number of nitro benzene ring substituents is 1. The molecule has 13 heteroatoms. The number of thiophene rings is 2. The van der Waals surface area contributed by atoms with Gasteiger partial charge in [0.2, 0.25) is 5.91 Å². The molecular formula is C26H27ClN4O6S2. The van der Waals surface area contributed by atoms with Gasteiger partial charge in [-0.15, -0.1) is 22.7 Å². The van der Waals surface area contributed by atoms with Gasteiger partial charge in [0.1, 0.15) is 9.88 Å². The highest BCUT2D eigenvalue weighted by Gasteiger charge is 2.30. The van der Waals surface area contributed by atoms with Crippen LogP contribution in [0.3, 0.4) is 0 Å². The molecular weight excluding hydrogens is 564 g/mol. The van der Waals surface area contributed by atoms with E-state index < -0.39 is 10.9 Å². The number of esters is 1. The van der Waals surface area contributed by atoms with Crippen LogP contribution in [0.1, 0.15) is 43.8 Å². The van der Waals surface area contributed by atoms with Crippen LogP contribution in [0.15, 0.2) is 18.2 Å². The number of benzene rings is 1. The molecule has 39 heavy (non-hydrogen) atoms. The maximum atomic E-state index is 13.2. The van der Waals surface area contributed by atoms with Crippen LogP contribution in [0.25, 0.3) is 10.1 Å². The van der Waals surface area contributed by atoms with Crippen LogP contribution < -0.4 is 5.32 Å². The van der Waals surface area contributed by atoms with Crippen molar-refractivity contribution in [2.75, 3.05) is 45.2 Å². The Morgan fingerprint density at radius 1 is 1.21 bits per heavy atom. The third-order valence-corrected chi connectivity index (χ3v) is 10.0. The average Bonchev–Trinajstić information content (AvgIpc) is 3.44. The van der Waals surface area contributed by atoms with Crippen LogP contribution in [0.5, 0.6) is 0 Å². The molecule has 10 nitrogen and oxygen atoms in total. The van der Waals surface area contributed by atoms with Crippen molar-refractivity contribution in [1.82, 2.24) is 9.80 Å². The Balaban J connectivity index is 1.21. The van der Waals surface area contributed by atoms with Crippen molar-refractivity contribution in [3.05, 3.63) is 54.2 Å². The molecule has 1 saturated heterocycles. The molecule has 0 spiro atoms. The molecule has 2 aromatic heterocycles. The van der Waals surface area contributed by atoms with Crippen molar-refractivity contribution < 1.29 is 24.0 Å². The van der Waals surface area contributed by atoms with Crippen molar-refractivity contribution in [2.45, 2.75) is 26.2 Å². The second-order valence-electron chi connectivity index (χ2n) is 9.85. The Hall–Kier alpha value is -3.06. The SMILES string of the molecule is COC(=O)c1c(NC(=O)CN2CCN(C(=O)c3sc4cc([N+](=O)[O-])ccc4c3Cl)CC2)sc2c1CCC(C)C2. The first kappa shape index (κ1) is 27.5. The maximum Gasteiger partial charge on any atom is 0.341 e. The standard InChI is InChI=1S/C26H27ClN4O6S2/c1-14-3-5-16-18(11-14)39-24(21(16)26(34)37-2)28-20(32)13-29-7-9-30(10-8-29)25(33)23-22(27)17-6-4-15(31(35)36)12-19(17)38-23/h4,6,12,14H,3,5,7-11,13H2,1-2H3,(H,28,32). The number of nitrogens with zero attached hydrogens (tertiary/aromatic N) is 3. The third kappa shape index (κ3) is 5.51. The van der Waals surface area contributed by atoms with Gasteiger partial charge in [-0.25, -0.2) is 4.79 Å². The number of methoxy groups -OCH3 is 1. The van der Waals surface area contributed by atoms with Crippen molar-refractivity contribution >= 4 is 72.8 Å². The lowest BCUT2D eigenvalue weighted by molar-refractivity contribution is -0.384.